The first-order valence-corrected chi connectivity index (χ1v) is 15.8. The minimum absolute atomic E-state index is 0.00113. The molecule has 1 saturated carbocycles. The Bertz CT molecular complexity index is 1060. The fraction of sp³-hybridized carbons (Fsp3) is 0.667. The first kappa shape index (κ1) is 29.8. The van der Waals surface area contributed by atoms with Gasteiger partial charge in [0.25, 0.3) is 0 Å². The van der Waals surface area contributed by atoms with Crippen molar-refractivity contribution in [2.45, 2.75) is 88.8 Å². The number of nitrogens with zero attached hydrogens (tertiary/aromatic N) is 2. The second-order valence-electron chi connectivity index (χ2n) is 12.7. The zero-order chi connectivity index (χ0) is 28.7. The molecular weight excluding hydrogens is 516 g/mol. The number of piperidine rings is 1. The summed E-state index contributed by atoms with van der Waals surface area (Å²) in [7, 11) is 1.97. The van der Waals surface area contributed by atoms with Crippen LogP contribution in [0.25, 0.3) is 0 Å². The van der Waals surface area contributed by atoms with Crippen molar-refractivity contribution >= 4 is 17.7 Å². The van der Waals surface area contributed by atoms with Crippen LogP contribution in [0.2, 0.25) is 0 Å². The number of benzene rings is 1. The van der Waals surface area contributed by atoms with Crippen molar-refractivity contribution in [3.05, 3.63) is 48.0 Å². The smallest absolute Gasteiger partial charge is 0.243 e. The highest BCUT2D eigenvalue weighted by Gasteiger charge is 2.41. The zero-order valence-electron chi connectivity index (χ0n) is 24.7. The molecule has 3 fully saturated rings. The maximum atomic E-state index is 13.8. The highest BCUT2D eigenvalue weighted by molar-refractivity contribution is 5.90. The third kappa shape index (κ3) is 7.58. The summed E-state index contributed by atoms with van der Waals surface area (Å²) in [5.74, 6) is 0.240. The molecule has 0 radical (unpaired) electrons. The highest BCUT2D eigenvalue weighted by Crippen LogP contribution is 2.36. The van der Waals surface area contributed by atoms with E-state index < -0.39 is 11.5 Å². The lowest BCUT2D eigenvalue weighted by Crippen LogP contribution is -2.58. The van der Waals surface area contributed by atoms with Crippen LogP contribution in [0.5, 0.6) is 0 Å². The normalized spacial score (nSPS) is 28.1. The Morgan fingerprint density at radius 3 is 2.54 bits per heavy atom. The lowest BCUT2D eigenvalue weighted by atomic mass is 9.75. The van der Waals surface area contributed by atoms with Gasteiger partial charge in [0.2, 0.25) is 17.7 Å². The van der Waals surface area contributed by atoms with Crippen LogP contribution in [-0.4, -0.2) is 85.5 Å². The van der Waals surface area contributed by atoms with Crippen LogP contribution in [0.15, 0.2) is 42.5 Å². The molecule has 1 aromatic carbocycles. The first-order valence-electron chi connectivity index (χ1n) is 15.8. The van der Waals surface area contributed by atoms with Gasteiger partial charge in [0.05, 0.1) is 12.0 Å². The van der Waals surface area contributed by atoms with Crippen molar-refractivity contribution < 1.29 is 19.1 Å². The van der Waals surface area contributed by atoms with Crippen LogP contribution in [-0.2, 0) is 25.5 Å². The number of ether oxygens (including phenoxy) is 1. The summed E-state index contributed by atoms with van der Waals surface area (Å²) in [6, 6.07) is 9.63. The average molecular weight is 565 g/mol. The molecule has 224 valence electrons. The minimum Gasteiger partial charge on any atom is -0.381 e. The number of nitrogens with one attached hydrogen (secondary N) is 2. The fourth-order valence-corrected chi connectivity index (χ4v) is 7.17. The zero-order valence-corrected chi connectivity index (χ0v) is 24.7. The van der Waals surface area contributed by atoms with Crippen LogP contribution in [0.3, 0.4) is 0 Å². The molecule has 0 unspecified atom stereocenters. The van der Waals surface area contributed by atoms with Gasteiger partial charge in [0.15, 0.2) is 0 Å². The summed E-state index contributed by atoms with van der Waals surface area (Å²) < 4.78 is 5.61. The molecule has 8 heteroatoms. The molecule has 5 rings (SSSR count). The Balaban J connectivity index is 1.31. The van der Waals surface area contributed by atoms with Gasteiger partial charge in [0, 0.05) is 51.9 Å². The number of likely N-dealkylation sites (tertiary alicyclic amines) is 1. The Labute approximate surface area is 245 Å². The molecule has 3 atom stereocenters. The van der Waals surface area contributed by atoms with Gasteiger partial charge in [-0.25, -0.2) is 0 Å². The summed E-state index contributed by atoms with van der Waals surface area (Å²) in [6.07, 6.45) is 14.3. The van der Waals surface area contributed by atoms with Crippen LogP contribution in [0.1, 0.15) is 69.8 Å². The maximum Gasteiger partial charge on any atom is 0.243 e. The van der Waals surface area contributed by atoms with Gasteiger partial charge in [-0.3, -0.25) is 19.3 Å². The molecule has 4 aliphatic rings. The predicted molar refractivity (Wildman–Crippen MR) is 159 cm³/mol. The molecule has 41 heavy (non-hydrogen) atoms. The van der Waals surface area contributed by atoms with E-state index >= 15 is 0 Å². The number of hydrogen-bond donors (Lipinski definition) is 2. The summed E-state index contributed by atoms with van der Waals surface area (Å²) in [6.45, 7) is 3.09. The number of carbonyl (C=O) groups excluding carboxylic acids is 3. The number of hydrogen-bond acceptors (Lipinski definition) is 5. The summed E-state index contributed by atoms with van der Waals surface area (Å²) >= 11 is 0. The van der Waals surface area contributed by atoms with E-state index in [0.717, 1.165) is 44.3 Å². The molecule has 2 N–H and O–H groups in total. The average Bonchev–Trinajstić information content (AvgIpc) is 3.00. The molecule has 3 heterocycles. The third-order valence-corrected chi connectivity index (χ3v) is 9.97. The number of likely N-dealkylation sites (N-methyl/N-ethyl adjacent to an activating group) is 1. The van der Waals surface area contributed by atoms with Gasteiger partial charge >= 0.3 is 0 Å². The molecular formula is C33H48N4O4. The second kappa shape index (κ2) is 14.0. The van der Waals surface area contributed by atoms with E-state index in [4.69, 9.17) is 4.74 Å². The van der Waals surface area contributed by atoms with Crippen molar-refractivity contribution in [3.63, 3.8) is 0 Å². The molecule has 3 amide bonds. The maximum absolute atomic E-state index is 13.8. The molecule has 0 bridgehead atoms. The summed E-state index contributed by atoms with van der Waals surface area (Å²) in [4.78, 5) is 45.0. The molecule has 1 spiro atoms. The lowest BCUT2D eigenvalue weighted by molar-refractivity contribution is -0.140. The van der Waals surface area contributed by atoms with Crippen LogP contribution < -0.4 is 10.6 Å². The van der Waals surface area contributed by atoms with E-state index in [2.05, 4.69) is 27.7 Å². The van der Waals surface area contributed by atoms with Crippen molar-refractivity contribution in [3.8, 4) is 0 Å². The van der Waals surface area contributed by atoms with E-state index in [1.54, 1.807) is 0 Å². The second-order valence-corrected chi connectivity index (χ2v) is 12.7. The highest BCUT2D eigenvalue weighted by atomic mass is 16.5. The van der Waals surface area contributed by atoms with Crippen molar-refractivity contribution in [1.29, 1.82) is 0 Å². The number of amides is 3. The van der Waals surface area contributed by atoms with Gasteiger partial charge in [-0.1, -0.05) is 61.7 Å². The Morgan fingerprint density at radius 1 is 1.02 bits per heavy atom. The van der Waals surface area contributed by atoms with E-state index in [0.29, 0.717) is 51.5 Å². The van der Waals surface area contributed by atoms with E-state index in [9.17, 15) is 14.4 Å². The molecule has 3 aliphatic heterocycles. The third-order valence-electron chi connectivity index (χ3n) is 9.97. The van der Waals surface area contributed by atoms with Gasteiger partial charge < -0.3 is 20.3 Å². The van der Waals surface area contributed by atoms with Crippen molar-refractivity contribution in [1.82, 2.24) is 20.4 Å². The standard InChI is InChI=1S/C33H48N4O4/c1-36(27-13-6-3-7-14-27)30(38)24-37-19-15-28-26(23-37)12-8-9-16-33(17-20-41-21-18-33)32(40)35-29(31(39)34-28)22-25-10-4-2-5-11-25/h2,4-5,8-11,26-29H,3,6-7,12-24H2,1H3,(H,34,39)(H,35,40)/t26-,28+,29-/m1/s1. The number of carbonyl (C=O) groups is 3. The SMILES string of the molecule is CN(C(=O)CN1CC[C@@H]2NC(=O)[C@@H](Cc3ccccc3)NC(=O)C3(CC=CC[C@@H]2C1)CCOCC3)C1CCCCC1. The van der Waals surface area contributed by atoms with Crippen molar-refractivity contribution in [2.24, 2.45) is 11.3 Å². The van der Waals surface area contributed by atoms with Crippen LogP contribution in [0, 0.1) is 11.3 Å². The molecule has 1 aromatic rings. The van der Waals surface area contributed by atoms with Crippen LogP contribution >= 0.6 is 0 Å². The molecule has 2 saturated heterocycles. The predicted octanol–water partition coefficient (Wildman–Crippen LogP) is 3.46. The Kier molecular flexibility index (Phi) is 10.1. The van der Waals surface area contributed by atoms with Crippen molar-refractivity contribution in [2.75, 3.05) is 39.9 Å². The Morgan fingerprint density at radius 2 is 1.78 bits per heavy atom. The lowest BCUT2D eigenvalue weighted by Gasteiger charge is -2.41. The minimum atomic E-state index is -0.641. The topological polar surface area (TPSA) is 91.0 Å². The number of rotatable bonds is 5. The van der Waals surface area contributed by atoms with E-state index in [-0.39, 0.29) is 29.7 Å². The molecule has 1 aliphatic carbocycles. The number of fused-ring (bicyclic) bond motifs is 1. The van der Waals surface area contributed by atoms with Gasteiger partial charge in [0.1, 0.15) is 6.04 Å². The largest absolute Gasteiger partial charge is 0.381 e. The van der Waals surface area contributed by atoms with Crippen LogP contribution in [0.4, 0.5) is 0 Å². The first-order chi connectivity index (χ1) is 19.9. The summed E-state index contributed by atoms with van der Waals surface area (Å²) in [5, 5.41) is 6.50. The van der Waals surface area contributed by atoms with Gasteiger partial charge in [-0.05, 0) is 56.4 Å². The van der Waals surface area contributed by atoms with Gasteiger partial charge in [-0.2, -0.15) is 0 Å². The number of allylic oxidation sites excluding steroid dienone is 2. The van der Waals surface area contributed by atoms with E-state index in [1.807, 2.05) is 42.3 Å². The Hall–Kier alpha value is -2.71. The quantitative estimate of drug-likeness (QED) is 0.535. The molecule has 0 aromatic heterocycles. The van der Waals surface area contributed by atoms with Gasteiger partial charge in [-0.15, -0.1) is 0 Å². The monoisotopic (exact) mass is 564 g/mol. The molecule has 8 nitrogen and oxygen atoms in total. The van der Waals surface area contributed by atoms with E-state index in [1.165, 1.54) is 19.3 Å². The fourth-order valence-electron chi connectivity index (χ4n) is 7.17. The summed E-state index contributed by atoms with van der Waals surface area (Å²) in [5.41, 5.74) is 0.463.